The van der Waals surface area contributed by atoms with E-state index in [0.29, 0.717) is 4.90 Å². The first-order chi connectivity index (χ1) is 9.40. The summed E-state index contributed by atoms with van der Waals surface area (Å²) < 4.78 is 0. The van der Waals surface area contributed by atoms with E-state index in [0.717, 1.165) is 6.07 Å². The molecule has 0 saturated carbocycles. The number of carbonyl (C=O) groups is 3. The first-order valence-corrected chi connectivity index (χ1v) is 5.48. The highest BCUT2D eigenvalue weighted by Gasteiger charge is 2.40. The number of carbonyl (C=O) groups excluding carboxylic acids is 2. The maximum Gasteiger partial charge on any atom is 0.325 e. The SMILES string of the molecule is O=C(O)CN1C(=O)NC(c2cccc([N+](=O)[O-])c2)C1=O. The molecule has 1 fully saturated rings. The van der Waals surface area contributed by atoms with Crippen LogP contribution in [0.4, 0.5) is 10.5 Å². The van der Waals surface area contributed by atoms with E-state index in [1.807, 2.05) is 0 Å². The third kappa shape index (κ3) is 2.41. The molecule has 1 aromatic carbocycles. The van der Waals surface area contributed by atoms with Crippen molar-refractivity contribution in [3.8, 4) is 0 Å². The van der Waals surface area contributed by atoms with Crippen LogP contribution in [-0.2, 0) is 9.59 Å². The molecule has 0 spiro atoms. The van der Waals surface area contributed by atoms with Crippen LogP contribution in [0.25, 0.3) is 0 Å². The summed E-state index contributed by atoms with van der Waals surface area (Å²) in [5.41, 5.74) is 0.00618. The number of carboxylic acids is 1. The number of carboxylic acid groups (broad SMARTS) is 1. The van der Waals surface area contributed by atoms with Gasteiger partial charge in [-0.1, -0.05) is 12.1 Å². The molecule has 1 aromatic rings. The molecule has 20 heavy (non-hydrogen) atoms. The number of hydrogen-bond acceptors (Lipinski definition) is 5. The molecule has 9 heteroatoms. The average molecular weight is 279 g/mol. The predicted molar refractivity (Wildman–Crippen MR) is 63.7 cm³/mol. The van der Waals surface area contributed by atoms with Crippen LogP contribution < -0.4 is 5.32 Å². The fourth-order valence-electron chi connectivity index (χ4n) is 1.85. The van der Waals surface area contributed by atoms with E-state index in [4.69, 9.17) is 5.11 Å². The van der Waals surface area contributed by atoms with Gasteiger partial charge in [-0.25, -0.2) is 4.79 Å². The molecule has 2 N–H and O–H groups in total. The minimum atomic E-state index is -1.33. The Morgan fingerprint density at radius 1 is 1.45 bits per heavy atom. The number of urea groups is 1. The number of nitro benzene ring substituents is 1. The highest BCUT2D eigenvalue weighted by atomic mass is 16.6. The Morgan fingerprint density at radius 2 is 2.15 bits per heavy atom. The molecule has 1 aliphatic rings. The number of aliphatic carboxylic acids is 1. The number of amides is 3. The molecular formula is C11H9N3O6. The fourth-order valence-corrected chi connectivity index (χ4v) is 1.85. The number of nitro groups is 1. The van der Waals surface area contributed by atoms with Crippen LogP contribution in [0.2, 0.25) is 0 Å². The van der Waals surface area contributed by atoms with Gasteiger partial charge in [0.2, 0.25) is 0 Å². The lowest BCUT2D eigenvalue weighted by atomic mass is 10.1. The maximum atomic E-state index is 11.9. The van der Waals surface area contributed by atoms with Crippen LogP contribution in [0, 0.1) is 10.1 Å². The summed E-state index contributed by atoms with van der Waals surface area (Å²) in [5.74, 6) is -2.08. The number of nitrogens with zero attached hydrogens (tertiary/aromatic N) is 2. The second kappa shape index (κ2) is 4.96. The zero-order valence-corrected chi connectivity index (χ0v) is 9.98. The van der Waals surface area contributed by atoms with Crippen molar-refractivity contribution in [1.82, 2.24) is 10.2 Å². The van der Waals surface area contributed by atoms with Crippen molar-refractivity contribution in [2.45, 2.75) is 6.04 Å². The third-order valence-electron chi connectivity index (χ3n) is 2.73. The molecule has 0 radical (unpaired) electrons. The number of nitrogens with one attached hydrogen (secondary N) is 1. The first-order valence-electron chi connectivity index (χ1n) is 5.48. The number of hydrogen-bond donors (Lipinski definition) is 2. The lowest BCUT2D eigenvalue weighted by Gasteiger charge is -2.10. The van der Waals surface area contributed by atoms with Crippen LogP contribution >= 0.6 is 0 Å². The van der Waals surface area contributed by atoms with Gasteiger partial charge in [-0.2, -0.15) is 0 Å². The van der Waals surface area contributed by atoms with Crippen LogP contribution in [0.5, 0.6) is 0 Å². The topological polar surface area (TPSA) is 130 Å². The van der Waals surface area contributed by atoms with Gasteiger partial charge in [-0.15, -0.1) is 0 Å². The second-order valence-corrected chi connectivity index (χ2v) is 4.05. The Hall–Kier alpha value is -2.97. The van der Waals surface area contributed by atoms with E-state index in [1.165, 1.54) is 18.2 Å². The number of imide groups is 1. The van der Waals surface area contributed by atoms with Gasteiger partial charge < -0.3 is 10.4 Å². The monoisotopic (exact) mass is 279 g/mol. The molecule has 1 atom stereocenters. The number of rotatable bonds is 4. The molecule has 2 rings (SSSR count). The highest BCUT2D eigenvalue weighted by molar-refractivity contribution is 6.06. The summed E-state index contributed by atoms with van der Waals surface area (Å²) in [7, 11) is 0. The quantitative estimate of drug-likeness (QED) is 0.462. The first kappa shape index (κ1) is 13.5. The van der Waals surface area contributed by atoms with E-state index >= 15 is 0 Å². The standard InChI is InChI=1S/C11H9N3O6/c15-8(16)5-13-10(17)9(12-11(13)18)6-2-1-3-7(4-6)14(19)20/h1-4,9H,5H2,(H,12,18)(H,15,16). The van der Waals surface area contributed by atoms with Crippen LogP contribution in [-0.4, -0.2) is 39.4 Å². The van der Waals surface area contributed by atoms with E-state index in [1.54, 1.807) is 0 Å². The normalized spacial score (nSPS) is 18.0. The zero-order valence-electron chi connectivity index (χ0n) is 9.98. The molecule has 1 heterocycles. The van der Waals surface area contributed by atoms with E-state index in [9.17, 15) is 24.5 Å². The molecule has 9 nitrogen and oxygen atoms in total. The summed E-state index contributed by atoms with van der Waals surface area (Å²) in [5, 5.41) is 21.6. The fraction of sp³-hybridized carbons (Fsp3) is 0.182. The lowest BCUT2D eigenvalue weighted by molar-refractivity contribution is -0.384. The predicted octanol–water partition coefficient (Wildman–Crippen LogP) is 0.272. The van der Waals surface area contributed by atoms with Gasteiger partial charge in [0, 0.05) is 12.1 Å². The van der Waals surface area contributed by atoms with Crippen molar-refractivity contribution in [3.05, 3.63) is 39.9 Å². The largest absolute Gasteiger partial charge is 0.480 e. The van der Waals surface area contributed by atoms with Gasteiger partial charge in [0.05, 0.1) is 4.92 Å². The summed E-state index contributed by atoms with van der Waals surface area (Å²) in [6.07, 6.45) is 0. The van der Waals surface area contributed by atoms with E-state index in [-0.39, 0.29) is 11.3 Å². The Labute approximate surface area is 111 Å². The van der Waals surface area contributed by atoms with E-state index < -0.39 is 35.4 Å². The van der Waals surface area contributed by atoms with Crippen molar-refractivity contribution in [3.63, 3.8) is 0 Å². The van der Waals surface area contributed by atoms with Crippen molar-refractivity contribution in [2.75, 3.05) is 6.54 Å². The van der Waals surface area contributed by atoms with Crippen molar-refractivity contribution in [2.24, 2.45) is 0 Å². The molecule has 104 valence electrons. The molecule has 0 aromatic heterocycles. The molecular weight excluding hydrogens is 270 g/mol. The minimum absolute atomic E-state index is 0.221. The summed E-state index contributed by atoms with van der Waals surface area (Å²) in [6, 6.07) is 3.29. The van der Waals surface area contributed by atoms with Gasteiger partial charge >= 0.3 is 12.0 Å². The molecule has 3 amide bonds. The number of benzene rings is 1. The molecule has 1 aliphatic heterocycles. The Balaban J connectivity index is 2.28. The molecule has 0 aliphatic carbocycles. The number of non-ortho nitro benzene ring substituents is 1. The second-order valence-electron chi connectivity index (χ2n) is 4.05. The van der Waals surface area contributed by atoms with Crippen LogP contribution in [0.1, 0.15) is 11.6 Å². The Kier molecular flexibility index (Phi) is 3.34. The molecule has 1 unspecified atom stereocenters. The third-order valence-corrected chi connectivity index (χ3v) is 2.73. The van der Waals surface area contributed by atoms with Crippen LogP contribution in [0.3, 0.4) is 0 Å². The Bertz CT molecular complexity index is 614. The summed E-state index contributed by atoms with van der Waals surface area (Å²) >= 11 is 0. The van der Waals surface area contributed by atoms with Gasteiger partial charge in [0.25, 0.3) is 11.6 Å². The lowest BCUT2D eigenvalue weighted by Crippen LogP contribution is -2.35. The van der Waals surface area contributed by atoms with E-state index in [2.05, 4.69) is 5.32 Å². The smallest absolute Gasteiger partial charge is 0.325 e. The summed E-state index contributed by atoms with van der Waals surface area (Å²) in [4.78, 5) is 44.6. The molecule has 1 saturated heterocycles. The van der Waals surface area contributed by atoms with Gasteiger partial charge in [0.15, 0.2) is 0 Å². The highest BCUT2D eigenvalue weighted by Crippen LogP contribution is 2.24. The van der Waals surface area contributed by atoms with Crippen LogP contribution in [0.15, 0.2) is 24.3 Å². The van der Waals surface area contributed by atoms with Gasteiger partial charge in [0.1, 0.15) is 12.6 Å². The van der Waals surface area contributed by atoms with Gasteiger partial charge in [-0.05, 0) is 5.56 Å². The van der Waals surface area contributed by atoms with Crippen molar-refractivity contribution >= 4 is 23.6 Å². The van der Waals surface area contributed by atoms with Crippen molar-refractivity contribution in [1.29, 1.82) is 0 Å². The minimum Gasteiger partial charge on any atom is -0.480 e. The Morgan fingerprint density at radius 3 is 2.75 bits per heavy atom. The summed E-state index contributed by atoms with van der Waals surface area (Å²) in [6.45, 7) is -0.754. The van der Waals surface area contributed by atoms with Gasteiger partial charge in [-0.3, -0.25) is 24.6 Å². The zero-order chi connectivity index (χ0) is 14.9. The molecule has 0 bridgehead atoms. The van der Waals surface area contributed by atoms with Crippen molar-refractivity contribution < 1.29 is 24.4 Å². The maximum absolute atomic E-state index is 11.9. The average Bonchev–Trinajstić information content (AvgIpc) is 2.66.